The van der Waals surface area contributed by atoms with Crippen molar-refractivity contribution in [3.8, 4) is 0 Å². The Kier molecular flexibility index (Phi) is 8.08. The summed E-state index contributed by atoms with van der Waals surface area (Å²) in [6, 6.07) is 7.78. The fourth-order valence-electron chi connectivity index (χ4n) is 2.40. The van der Waals surface area contributed by atoms with Crippen molar-refractivity contribution in [1.82, 2.24) is 15.5 Å². The van der Waals surface area contributed by atoms with E-state index in [0.717, 1.165) is 62.0 Å². The Bertz CT molecular complexity index is 466. The summed E-state index contributed by atoms with van der Waals surface area (Å²) in [5.41, 5.74) is 1.16. The van der Waals surface area contributed by atoms with Crippen molar-refractivity contribution >= 4 is 29.3 Å². The summed E-state index contributed by atoms with van der Waals surface area (Å²) in [6.45, 7) is 6.21. The van der Waals surface area contributed by atoms with Crippen LogP contribution in [0.4, 0.5) is 0 Å². The van der Waals surface area contributed by atoms with E-state index in [1.54, 1.807) is 11.8 Å². The van der Waals surface area contributed by atoms with Gasteiger partial charge in [-0.25, -0.2) is 0 Å². The zero-order valence-corrected chi connectivity index (χ0v) is 14.4. The third kappa shape index (κ3) is 7.01. The molecule has 22 heavy (non-hydrogen) atoms. The Morgan fingerprint density at radius 2 is 2.18 bits per heavy atom. The number of hydrogen-bond acceptors (Lipinski definition) is 4. The number of amides is 1. The van der Waals surface area contributed by atoms with E-state index in [1.165, 1.54) is 0 Å². The lowest BCUT2D eigenvalue weighted by Crippen LogP contribution is -2.44. The molecule has 0 atom stereocenters. The molecular formula is C16H24ClN3OS. The van der Waals surface area contributed by atoms with Gasteiger partial charge in [-0.05, 0) is 30.7 Å². The molecular weight excluding hydrogens is 318 g/mol. The van der Waals surface area contributed by atoms with Crippen LogP contribution in [0.5, 0.6) is 0 Å². The summed E-state index contributed by atoms with van der Waals surface area (Å²) < 4.78 is 0. The van der Waals surface area contributed by atoms with Crippen LogP contribution in [0, 0.1) is 0 Å². The van der Waals surface area contributed by atoms with E-state index in [0.29, 0.717) is 5.75 Å². The fraction of sp³-hybridized carbons (Fsp3) is 0.562. The standard InChI is InChI=1S/C16H24ClN3OS/c17-15-4-1-3-14(11-15)12-22-13-16(21)19-5-2-8-20-9-6-18-7-10-20/h1,3-4,11,18H,2,5-10,12-13H2,(H,19,21). The first-order valence-electron chi connectivity index (χ1n) is 7.76. The third-order valence-electron chi connectivity index (χ3n) is 3.57. The normalized spacial score (nSPS) is 15.7. The molecule has 0 spiro atoms. The first-order valence-corrected chi connectivity index (χ1v) is 9.29. The first kappa shape index (κ1) is 17.6. The third-order valence-corrected chi connectivity index (χ3v) is 4.81. The van der Waals surface area contributed by atoms with Crippen molar-refractivity contribution in [3.05, 3.63) is 34.9 Å². The second-order valence-electron chi connectivity index (χ2n) is 5.42. The van der Waals surface area contributed by atoms with Crippen LogP contribution in [0.3, 0.4) is 0 Å². The molecule has 0 radical (unpaired) electrons. The van der Waals surface area contributed by atoms with E-state index in [4.69, 9.17) is 11.6 Å². The van der Waals surface area contributed by atoms with Gasteiger partial charge in [0.05, 0.1) is 5.75 Å². The molecule has 6 heteroatoms. The van der Waals surface area contributed by atoms with Gasteiger partial charge >= 0.3 is 0 Å². The number of carbonyl (C=O) groups excluding carboxylic acids is 1. The molecule has 0 saturated carbocycles. The van der Waals surface area contributed by atoms with Crippen LogP contribution in [-0.4, -0.2) is 55.8 Å². The van der Waals surface area contributed by atoms with Crippen LogP contribution in [0.1, 0.15) is 12.0 Å². The summed E-state index contributed by atoms with van der Waals surface area (Å²) in [6.07, 6.45) is 1.02. The van der Waals surface area contributed by atoms with Crippen LogP contribution in [0.15, 0.2) is 24.3 Å². The van der Waals surface area contributed by atoms with E-state index < -0.39 is 0 Å². The maximum absolute atomic E-state index is 11.8. The monoisotopic (exact) mass is 341 g/mol. The number of hydrogen-bond donors (Lipinski definition) is 2. The van der Waals surface area contributed by atoms with Crippen molar-refractivity contribution in [2.24, 2.45) is 0 Å². The SMILES string of the molecule is O=C(CSCc1cccc(Cl)c1)NCCCN1CCNCC1. The Balaban J connectivity index is 1.50. The maximum atomic E-state index is 11.8. The molecule has 1 amide bonds. The molecule has 0 aromatic heterocycles. The van der Waals surface area contributed by atoms with Gasteiger partial charge in [0.15, 0.2) is 0 Å². The fourth-order valence-corrected chi connectivity index (χ4v) is 3.42. The van der Waals surface area contributed by atoms with Crippen molar-refractivity contribution in [2.75, 3.05) is 45.0 Å². The van der Waals surface area contributed by atoms with E-state index in [9.17, 15) is 4.79 Å². The van der Waals surface area contributed by atoms with Gasteiger partial charge in [0, 0.05) is 43.5 Å². The van der Waals surface area contributed by atoms with Gasteiger partial charge in [-0.1, -0.05) is 23.7 Å². The maximum Gasteiger partial charge on any atom is 0.230 e. The van der Waals surface area contributed by atoms with Crippen LogP contribution >= 0.6 is 23.4 Å². The average molecular weight is 342 g/mol. The van der Waals surface area contributed by atoms with Crippen molar-refractivity contribution in [3.63, 3.8) is 0 Å². The molecule has 1 aromatic carbocycles. The lowest BCUT2D eigenvalue weighted by Gasteiger charge is -2.27. The van der Waals surface area contributed by atoms with Gasteiger partial charge in [-0.2, -0.15) is 0 Å². The largest absolute Gasteiger partial charge is 0.355 e. The predicted molar refractivity (Wildman–Crippen MR) is 94.6 cm³/mol. The van der Waals surface area contributed by atoms with Crippen LogP contribution in [0.25, 0.3) is 0 Å². The van der Waals surface area contributed by atoms with Crippen molar-refractivity contribution in [1.29, 1.82) is 0 Å². The van der Waals surface area contributed by atoms with E-state index in [-0.39, 0.29) is 5.91 Å². The van der Waals surface area contributed by atoms with Crippen LogP contribution < -0.4 is 10.6 Å². The number of piperazine rings is 1. The topological polar surface area (TPSA) is 44.4 Å². The molecule has 1 aliphatic heterocycles. The molecule has 2 N–H and O–H groups in total. The van der Waals surface area contributed by atoms with Gasteiger partial charge in [-0.15, -0.1) is 11.8 Å². The van der Waals surface area contributed by atoms with Crippen molar-refractivity contribution < 1.29 is 4.79 Å². The molecule has 1 aliphatic rings. The Labute approximate surface area is 142 Å². The lowest BCUT2D eigenvalue weighted by molar-refractivity contribution is -0.118. The molecule has 1 heterocycles. The molecule has 1 fully saturated rings. The number of nitrogens with one attached hydrogen (secondary N) is 2. The summed E-state index contributed by atoms with van der Waals surface area (Å²) in [5.74, 6) is 1.43. The average Bonchev–Trinajstić information content (AvgIpc) is 2.53. The summed E-state index contributed by atoms with van der Waals surface area (Å²) in [7, 11) is 0. The molecule has 1 aromatic rings. The van der Waals surface area contributed by atoms with Crippen LogP contribution in [-0.2, 0) is 10.5 Å². The molecule has 0 bridgehead atoms. The van der Waals surface area contributed by atoms with Crippen molar-refractivity contribution in [2.45, 2.75) is 12.2 Å². The number of nitrogens with zero attached hydrogens (tertiary/aromatic N) is 1. The van der Waals surface area contributed by atoms with E-state index in [1.807, 2.05) is 24.3 Å². The number of carbonyl (C=O) groups is 1. The number of thioether (sulfide) groups is 1. The minimum Gasteiger partial charge on any atom is -0.355 e. The summed E-state index contributed by atoms with van der Waals surface area (Å²) >= 11 is 7.56. The van der Waals surface area contributed by atoms with Gasteiger partial charge < -0.3 is 15.5 Å². The summed E-state index contributed by atoms with van der Waals surface area (Å²) in [5, 5.41) is 7.08. The Morgan fingerprint density at radius 1 is 1.36 bits per heavy atom. The first-order chi connectivity index (χ1) is 10.7. The zero-order valence-electron chi connectivity index (χ0n) is 12.8. The molecule has 2 rings (SSSR count). The zero-order chi connectivity index (χ0) is 15.6. The van der Waals surface area contributed by atoms with Gasteiger partial charge in [0.25, 0.3) is 0 Å². The highest BCUT2D eigenvalue weighted by atomic mass is 35.5. The second-order valence-corrected chi connectivity index (χ2v) is 6.84. The van der Waals surface area contributed by atoms with Gasteiger partial charge in [-0.3, -0.25) is 4.79 Å². The minimum absolute atomic E-state index is 0.118. The molecule has 0 aliphatic carbocycles. The minimum atomic E-state index is 0.118. The number of benzene rings is 1. The Morgan fingerprint density at radius 3 is 2.95 bits per heavy atom. The summed E-state index contributed by atoms with van der Waals surface area (Å²) in [4.78, 5) is 14.2. The Hall–Kier alpha value is -0.750. The molecule has 1 saturated heterocycles. The molecule has 4 nitrogen and oxygen atoms in total. The molecule has 122 valence electrons. The van der Waals surface area contributed by atoms with Gasteiger partial charge in [0.1, 0.15) is 0 Å². The van der Waals surface area contributed by atoms with E-state index >= 15 is 0 Å². The number of halogens is 1. The second kappa shape index (κ2) is 10.1. The van der Waals surface area contributed by atoms with Gasteiger partial charge in [0.2, 0.25) is 5.91 Å². The highest BCUT2D eigenvalue weighted by Gasteiger charge is 2.08. The quantitative estimate of drug-likeness (QED) is 0.710. The lowest BCUT2D eigenvalue weighted by atomic mass is 10.2. The molecule has 0 unspecified atom stereocenters. The van der Waals surface area contributed by atoms with Crippen LogP contribution in [0.2, 0.25) is 5.02 Å². The number of rotatable bonds is 8. The smallest absolute Gasteiger partial charge is 0.230 e. The highest BCUT2D eigenvalue weighted by molar-refractivity contribution is 7.99. The van der Waals surface area contributed by atoms with E-state index in [2.05, 4.69) is 15.5 Å². The highest BCUT2D eigenvalue weighted by Crippen LogP contribution is 2.16. The predicted octanol–water partition coefficient (Wildman–Crippen LogP) is 1.98.